The summed E-state index contributed by atoms with van der Waals surface area (Å²) in [5, 5.41) is 13.6. The van der Waals surface area contributed by atoms with E-state index in [0.717, 1.165) is 47.6 Å². The number of hydrogen-bond donors (Lipinski definition) is 1. The molecule has 0 aromatic carbocycles. The van der Waals surface area contributed by atoms with E-state index in [1.54, 1.807) is 11.3 Å². The molecule has 0 saturated carbocycles. The van der Waals surface area contributed by atoms with Crippen LogP contribution in [0.25, 0.3) is 5.13 Å². The van der Waals surface area contributed by atoms with Gasteiger partial charge in [0.05, 0.1) is 5.92 Å². The number of nitrogens with zero attached hydrogens (tertiary/aromatic N) is 4. The monoisotopic (exact) mass is 347 g/mol. The number of carbonyl (C=O) groups is 1. The Hall–Kier alpha value is -1.89. The zero-order chi connectivity index (χ0) is 17.3. The molecule has 0 spiro atoms. The molecule has 3 heterocycles. The van der Waals surface area contributed by atoms with Crippen molar-refractivity contribution in [3.8, 4) is 5.13 Å². The van der Waals surface area contributed by atoms with Crippen LogP contribution in [0, 0.1) is 19.8 Å². The SMILES string of the molecule is Cc1ccc(C)n1-c1nnc(N2CCCC(C(=O)NC(C)C)C2)s1. The molecule has 24 heavy (non-hydrogen) atoms. The van der Waals surface area contributed by atoms with E-state index in [2.05, 4.69) is 51.0 Å². The van der Waals surface area contributed by atoms with E-state index in [1.165, 1.54) is 0 Å². The molecule has 1 saturated heterocycles. The van der Waals surface area contributed by atoms with Crippen LogP contribution in [0.2, 0.25) is 0 Å². The van der Waals surface area contributed by atoms with E-state index in [4.69, 9.17) is 0 Å². The van der Waals surface area contributed by atoms with Crippen LogP contribution in [0.1, 0.15) is 38.1 Å². The first-order chi connectivity index (χ1) is 11.5. The third kappa shape index (κ3) is 3.45. The molecule has 1 fully saturated rings. The van der Waals surface area contributed by atoms with Gasteiger partial charge in [0, 0.05) is 30.5 Å². The number of carbonyl (C=O) groups excluding carboxylic acids is 1. The number of anilines is 1. The van der Waals surface area contributed by atoms with E-state index in [9.17, 15) is 4.79 Å². The maximum Gasteiger partial charge on any atom is 0.225 e. The van der Waals surface area contributed by atoms with Crippen molar-refractivity contribution >= 4 is 22.4 Å². The second kappa shape index (κ2) is 6.93. The fraction of sp³-hybridized carbons (Fsp3) is 0.588. The number of aromatic nitrogens is 3. The fourth-order valence-electron chi connectivity index (χ4n) is 3.16. The van der Waals surface area contributed by atoms with Gasteiger partial charge in [-0.05, 0) is 52.7 Å². The summed E-state index contributed by atoms with van der Waals surface area (Å²) >= 11 is 1.59. The van der Waals surface area contributed by atoms with Gasteiger partial charge in [0.25, 0.3) is 0 Å². The average molecular weight is 347 g/mol. The molecule has 0 bridgehead atoms. The minimum absolute atomic E-state index is 0.0311. The summed E-state index contributed by atoms with van der Waals surface area (Å²) in [6, 6.07) is 4.35. The molecular formula is C17H25N5OS. The van der Waals surface area contributed by atoms with Crippen molar-refractivity contribution in [2.45, 2.75) is 46.6 Å². The fourth-order valence-corrected chi connectivity index (χ4v) is 4.16. The van der Waals surface area contributed by atoms with E-state index in [-0.39, 0.29) is 17.9 Å². The van der Waals surface area contributed by atoms with Crippen LogP contribution < -0.4 is 10.2 Å². The molecule has 1 amide bonds. The summed E-state index contributed by atoms with van der Waals surface area (Å²) in [4.78, 5) is 14.5. The first kappa shape index (κ1) is 17.0. The topological polar surface area (TPSA) is 63.1 Å². The van der Waals surface area contributed by atoms with Crippen LogP contribution in [-0.4, -0.2) is 39.8 Å². The summed E-state index contributed by atoms with van der Waals surface area (Å²) in [6.45, 7) is 9.79. The lowest BCUT2D eigenvalue weighted by atomic mass is 9.97. The third-order valence-corrected chi connectivity index (χ3v) is 5.33. The molecule has 1 N–H and O–H groups in total. The standard InChI is InChI=1S/C17H25N5OS/c1-11(2)18-15(23)14-6-5-9-21(10-14)16-19-20-17(24-16)22-12(3)7-8-13(22)4/h7-8,11,14H,5-6,9-10H2,1-4H3,(H,18,23). The highest BCUT2D eigenvalue weighted by Crippen LogP contribution is 2.29. The average Bonchev–Trinajstić information content (AvgIpc) is 3.13. The molecule has 130 valence electrons. The Morgan fingerprint density at radius 1 is 1.25 bits per heavy atom. The minimum Gasteiger partial charge on any atom is -0.354 e. The van der Waals surface area contributed by atoms with Gasteiger partial charge in [-0.15, -0.1) is 10.2 Å². The molecular weight excluding hydrogens is 322 g/mol. The van der Waals surface area contributed by atoms with Crippen LogP contribution in [0.15, 0.2) is 12.1 Å². The van der Waals surface area contributed by atoms with E-state index < -0.39 is 0 Å². The predicted molar refractivity (Wildman–Crippen MR) is 96.9 cm³/mol. The lowest BCUT2D eigenvalue weighted by Gasteiger charge is -2.31. The molecule has 0 aliphatic carbocycles. The summed E-state index contributed by atoms with van der Waals surface area (Å²) < 4.78 is 2.12. The summed E-state index contributed by atoms with van der Waals surface area (Å²) in [7, 11) is 0. The minimum atomic E-state index is 0.0311. The highest BCUT2D eigenvalue weighted by molar-refractivity contribution is 7.17. The summed E-state index contributed by atoms with van der Waals surface area (Å²) in [5.74, 6) is 0.181. The number of rotatable bonds is 4. The van der Waals surface area contributed by atoms with Gasteiger partial charge in [0.15, 0.2) is 0 Å². The van der Waals surface area contributed by atoms with Gasteiger partial charge >= 0.3 is 0 Å². The van der Waals surface area contributed by atoms with Crippen molar-refractivity contribution in [3.63, 3.8) is 0 Å². The van der Waals surface area contributed by atoms with Gasteiger partial charge in [0.1, 0.15) is 0 Å². The van der Waals surface area contributed by atoms with Crippen molar-refractivity contribution in [3.05, 3.63) is 23.5 Å². The Morgan fingerprint density at radius 3 is 2.58 bits per heavy atom. The van der Waals surface area contributed by atoms with Crippen molar-refractivity contribution in [2.24, 2.45) is 5.92 Å². The Morgan fingerprint density at radius 2 is 1.92 bits per heavy atom. The zero-order valence-electron chi connectivity index (χ0n) is 14.7. The van der Waals surface area contributed by atoms with Crippen LogP contribution in [0.3, 0.4) is 0 Å². The molecule has 1 aliphatic rings. The second-order valence-electron chi connectivity index (χ2n) is 6.77. The highest BCUT2D eigenvalue weighted by atomic mass is 32.1. The van der Waals surface area contributed by atoms with Crippen LogP contribution in [-0.2, 0) is 4.79 Å². The van der Waals surface area contributed by atoms with E-state index in [1.807, 2.05) is 13.8 Å². The molecule has 1 unspecified atom stereocenters. The zero-order valence-corrected chi connectivity index (χ0v) is 15.6. The van der Waals surface area contributed by atoms with Crippen molar-refractivity contribution in [1.29, 1.82) is 0 Å². The normalized spacial score (nSPS) is 18.2. The maximum absolute atomic E-state index is 12.3. The molecule has 1 atom stereocenters. The largest absolute Gasteiger partial charge is 0.354 e. The van der Waals surface area contributed by atoms with Gasteiger partial charge < -0.3 is 10.2 Å². The Bertz CT molecular complexity index is 701. The van der Waals surface area contributed by atoms with Crippen LogP contribution in [0.5, 0.6) is 0 Å². The van der Waals surface area contributed by atoms with Crippen LogP contribution >= 0.6 is 11.3 Å². The lowest BCUT2D eigenvalue weighted by molar-refractivity contribution is -0.125. The van der Waals surface area contributed by atoms with Gasteiger partial charge in [-0.25, -0.2) is 0 Å². The first-order valence-electron chi connectivity index (χ1n) is 8.50. The molecule has 3 rings (SSSR count). The number of piperidine rings is 1. The molecule has 1 aliphatic heterocycles. The van der Waals surface area contributed by atoms with Gasteiger partial charge in [-0.1, -0.05) is 11.3 Å². The van der Waals surface area contributed by atoms with Crippen molar-refractivity contribution in [1.82, 2.24) is 20.1 Å². The van der Waals surface area contributed by atoms with Crippen molar-refractivity contribution < 1.29 is 4.79 Å². The quantitative estimate of drug-likeness (QED) is 0.924. The summed E-state index contributed by atoms with van der Waals surface area (Å²) in [6.07, 6.45) is 1.95. The Balaban J connectivity index is 1.74. The van der Waals surface area contributed by atoms with Gasteiger partial charge in [0.2, 0.25) is 16.2 Å². The van der Waals surface area contributed by atoms with Crippen LogP contribution in [0.4, 0.5) is 5.13 Å². The molecule has 2 aromatic rings. The van der Waals surface area contributed by atoms with E-state index in [0.29, 0.717) is 0 Å². The highest BCUT2D eigenvalue weighted by Gasteiger charge is 2.28. The van der Waals surface area contributed by atoms with E-state index >= 15 is 0 Å². The second-order valence-corrected chi connectivity index (χ2v) is 7.70. The number of amides is 1. The summed E-state index contributed by atoms with van der Waals surface area (Å²) in [5.41, 5.74) is 2.31. The number of aryl methyl sites for hydroxylation is 2. The Labute approximate surface area is 146 Å². The first-order valence-corrected chi connectivity index (χ1v) is 9.31. The maximum atomic E-state index is 12.3. The number of hydrogen-bond acceptors (Lipinski definition) is 5. The smallest absolute Gasteiger partial charge is 0.225 e. The predicted octanol–water partition coefficient (Wildman–Crippen LogP) is 2.69. The Kier molecular flexibility index (Phi) is 4.89. The van der Waals surface area contributed by atoms with Crippen molar-refractivity contribution in [2.75, 3.05) is 18.0 Å². The number of nitrogens with one attached hydrogen (secondary N) is 1. The lowest BCUT2D eigenvalue weighted by Crippen LogP contribution is -2.44. The third-order valence-electron chi connectivity index (χ3n) is 4.36. The molecule has 0 radical (unpaired) electrons. The van der Waals surface area contributed by atoms with Gasteiger partial charge in [-0.2, -0.15) is 0 Å². The molecule has 6 nitrogen and oxygen atoms in total. The molecule has 2 aromatic heterocycles. The van der Waals surface area contributed by atoms with Gasteiger partial charge in [-0.3, -0.25) is 9.36 Å². The molecule has 7 heteroatoms.